The van der Waals surface area contributed by atoms with E-state index in [1.54, 1.807) is 0 Å². The molecule has 0 aromatic heterocycles. The number of nitrogens with zero attached hydrogens (tertiary/aromatic N) is 1. The van der Waals surface area contributed by atoms with Crippen LogP contribution in [0.15, 0.2) is 18.2 Å². The maximum atomic E-state index is 13.6. The summed E-state index contributed by atoms with van der Waals surface area (Å²) in [7, 11) is 1.87. The first-order chi connectivity index (χ1) is 8.09. The predicted octanol–water partition coefficient (Wildman–Crippen LogP) is 1.57. The molecule has 0 bridgehead atoms. The molecule has 0 spiro atoms. The number of likely N-dealkylation sites (N-methyl/N-ethyl adjacent to an activating group) is 1. The highest BCUT2D eigenvalue weighted by Gasteiger charge is 2.28. The van der Waals surface area contributed by atoms with Crippen molar-refractivity contribution in [2.45, 2.75) is 6.04 Å². The monoisotopic (exact) mass is 256 g/mol. The fraction of sp³-hybridized carbons (Fsp3) is 0.417. The first-order valence-electron chi connectivity index (χ1n) is 5.50. The molecule has 92 valence electrons. The Kier molecular flexibility index (Phi) is 3.76. The summed E-state index contributed by atoms with van der Waals surface area (Å²) >= 11 is 5.79. The number of hydrogen-bond donors (Lipinski definition) is 1. The number of ketones is 1. The predicted molar refractivity (Wildman–Crippen MR) is 65.0 cm³/mol. The van der Waals surface area contributed by atoms with Crippen LogP contribution >= 0.6 is 11.6 Å². The molecule has 0 radical (unpaired) electrons. The molecule has 5 heteroatoms. The van der Waals surface area contributed by atoms with Crippen molar-refractivity contribution in [1.29, 1.82) is 0 Å². The molecule has 3 nitrogen and oxygen atoms in total. The maximum absolute atomic E-state index is 13.6. The van der Waals surface area contributed by atoms with E-state index in [1.165, 1.54) is 18.2 Å². The highest BCUT2D eigenvalue weighted by Crippen LogP contribution is 2.18. The van der Waals surface area contributed by atoms with Crippen LogP contribution in [0, 0.1) is 5.82 Å². The van der Waals surface area contributed by atoms with E-state index >= 15 is 0 Å². The Morgan fingerprint density at radius 2 is 2.35 bits per heavy atom. The Morgan fingerprint density at radius 3 is 3.06 bits per heavy atom. The smallest absolute Gasteiger partial charge is 0.184 e. The Labute approximate surface area is 105 Å². The molecule has 1 unspecified atom stereocenters. The van der Waals surface area contributed by atoms with E-state index in [9.17, 15) is 9.18 Å². The molecule has 0 aliphatic carbocycles. The van der Waals surface area contributed by atoms with Gasteiger partial charge in [-0.3, -0.25) is 9.69 Å². The maximum Gasteiger partial charge on any atom is 0.184 e. The minimum atomic E-state index is -0.515. The van der Waals surface area contributed by atoms with E-state index in [1.807, 2.05) is 11.9 Å². The SMILES string of the molecule is CN1CCNCC1C(=O)c1cc(Cl)ccc1F. The molecule has 0 saturated carbocycles. The van der Waals surface area contributed by atoms with Gasteiger partial charge in [0.2, 0.25) is 0 Å². The quantitative estimate of drug-likeness (QED) is 0.816. The van der Waals surface area contributed by atoms with Crippen molar-refractivity contribution in [1.82, 2.24) is 10.2 Å². The fourth-order valence-electron chi connectivity index (χ4n) is 1.96. The molecule has 17 heavy (non-hydrogen) atoms. The lowest BCUT2D eigenvalue weighted by Crippen LogP contribution is -2.53. The summed E-state index contributed by atoms with van der Waals surface area (Å²) in [6.07, 6.45) is 0. The molecule has 2 rings (SSSR count). The molecule has 1 N–H and O–H groups in total. The normalized spacial score (nSPS) is 21.5. The van der Waals surface area contributed by atoms with Gasteiger partial charge in [0.1, 0.15) is 5.82 Å². The van der Waals surface area contributed by atoms with Gasteiger partial charge in [-0.25, -0.2) is 4.39 Å². The average Bonchev–Trinajstić information content (AvgIpc) is 2.32. The third-order valence-electron chi connectivity index (χ3n) is 3.01. The number of carbonyl (C=O) groups is 1. The minimum Gasteiger partial charge on any atom is -0.313 e. The van der Waals surface area contributed by atoms with E-state index < -0.39 is 5.82 Å². The minimum absolute atomic E-state index is 0.0676. The van der Waals surface area contributed by atoms with Crippen molar-refractivity contribution in [2.24, 2.45) is 0 Å². The lowest BCUT2D eigenvalue weighted by molar-refractivity contribution is 0.0815. The summed E-state index contributed by atoms with van der Waals surface area (Å²) in [5.74, 6) is -0.738. The lowest BCUT2D eigenvalue weighted by Gasteiger charge is -2.31. The van der Waals surface area contributed by atoms with Gasteiger partial charge in [-0.2, -0.15) is 0 Å². The van der Waals surface area contributed by atoms with Crippen LogP contribution in [-0.2, 0) is 0 Å². The third-order valence-corrected chi connectivity index (χ3v) is 3.24. The first kappa shape index (κ1) is 12.5. The van der Waals surface area contributed by atoms with Crippen LogP contribution < -0.4 is 5.32 Å². The largest absolute Gasteiger partial charge is 0.313 e. The van der Waals surface area contributed by atoms with E-state index in [0.717, 1.165) is 13.1 Å². The van der Waals surface area contributed by atoms with Crippen molar-refractivity contribution in [3.05, 3.63) is 34.6 Å². The van der Waals surface area contributed by atoms with E-state index in [-0.39, 0.29) is 17.4 Å². The zero-order chi connectivity index (χ0) is 12.4. The van der Waals surface area contributed by atoms with Gasteiger partial charge in [0.25, 0.3) is 0 Å². The van der Waals surface area contributed by atoms with Gasteiger partial charge in [0, 0.05) is 24.7 Å². The number of piperazine rings is 1. The van der Waals surface area contributed by atoms with Crippen LogP contribution in [-0.4, -0.2) is 43.4 Å². The summed E-state index contributed by atoms with van der Waals surface area (Å²) in [5, 5.41) is 3.51. The van der Waals surface area contributed by atoms with Gasteiger partial charge in [0.15, 0.2) is 5.78 Å². The summed E-state index contributed by atoms with van der Waals surface area (Å²) in [4.78, 5) is 14.1. The highest BCUT2D eigenvalue weighted by molar-refractivity contribution is 6.31. The number of nitrogens with one attached hydrogen (secondary N) is 1. The van der Waals surface area contributed by atoms with Gasteiger partial charge >= 0.3 is 0 Å². The number of Topliss-reactive ketones (excluding diaryl/α,β-unsaturated/α-hetero) is 1. The van der Waals surface area contributed by atoms with Gasteiger partial charge in [-0.15, -0.1) is 0 Å². The van der Waals surface area contributed by atoms with Crippen molar-refractivity contribution >= 4 is 17.4 Å². The van der Waals surface area contributed by atoms with Crippen LogP contribution in [0.3, 0.4) is 0 Å². The van der Waals surface area contributed by atoms with Crippen molar-refractivity contribution in [2.75, 3.05) is 26.7 Å². The summed E-state index contributed by atoms with van der Waals surface area (Å²) in [5.41, 5.74) is 0.0676. The second-order valence-corrected chi connectivity index (χ2v) is 4.63. The van der Waals surface area contributed by atoms with Gasteiger partial charge in [-0.05, 0) is 25.2 Å². The summed E-state index contributed by atoms with van der Waals surface area (Å²) < 4.78 is 13.6. The lowest BCUT2D eigenvalue weighted by atomic mass is 10.0. The second kappa shape index (κ2) is 5.12. The Morgan fingerprint density at radius 1 is 1.59 bits per heavy atom. The van der Waals surface area contributed by atoms with E-state index in [4.69, 9.17) is 11.6 Å². The van der Waals surface area contributed by atoms with E-state index in [2.05, 4.69) is 5.32 Å². The summed E-state index contributed by atoms with van der Waals surface area (Å²) in [6, 6.07) is 3.74. The Bertz CT molecular complexity index is 439. The van der Waals surface area contributed by atoms with Crippen LogP contribution in [0.2, 0.25) is 5.02 Å². The Hall–Kier alpha value is -0.970. The topological polar surface area (TPSA) is 32.3 Å². The molecule has 1 aromatic rings. The Balaban J connectivity index is 2.26. The summed E-state index contributed by atoms with van der Waals surface area (Å²) in [6.45, 7) is 2.16. The molecule has 1 fully saturated rings. The number of carbonyl (C=O) groups excluding carboxylic acids is 1. The fourth-order valence-corrected chi connectivity index (χ4v) is 2.14. The standard InChI is InChI=1S/C12H14ClFN2O/c1-16-5-4-15-7-11(16)12(17)9-6-8(13)2-3-10(9)14/h2-3,6,11,15H,4-5,7H2,1H3. The van der Waals surface area contributed by atoms with Crippen LogP contribution in [0.1, 0.15) is 10.4 Å². The number of benzene rings is 1. The first-order valence-corrected chi connectivity index (χ1v) is 5.87. The van der Waals surface area contributed by atoms with Crippen molar-refractivity contribution in [3.8, 4) is 0 Å². The average molecular weight is 257 g/mol. The number of rotatable bonds is 2. The zero-order valence-corrected chi connectivity index (χ0v) is 10.3. The number of halogens is 2. The van der Waals surface area contributed by atoms with Crippen LogP contribution in [0.25, 0.3) is 0 Å². The van der Waals surface area contributed by atoms with Crippen LogP contribution in [0.4, 0.5) is 4.39 Å². The van der Waals surface area contributed by atoms with Crippen molar-refractivity contribution < 1.29 is 9.18 Å². The third kappa shape index (κ3) is 2.65. The van der Waals surface area contributed by atoms with Crippen molar-refractivity contribution in [3.63, 3.8) is 0 Å². The second-order valence-electron chi connectivity index (χ2n) is 4.19. The number of hydrogen-bond acceptors (Lipinski definition) is 3. The molecule has 1 aliphatic heterocycles. The molecule has 0 amide bonds. The molecule has 1 atom stereocenters. The van der Waals surface area contributed by atoms with E-state index in [0.29, 0.717) is 11.6 Å². The molecular weight excluding hydrogens is 243 g/mol. The molecule has 1 aromatic carbocycles. The molecular formula is C12H14ClFN2O. The molecule has 1 heterocycles. The van der Waals surface area contributed by atoms with Gasteiger partial charge in [-0.1, -0.05) is 11.6 Å². The molecule has 1 saturated heterocycles. The van der Waals surface area contributed by atoms with Gasteiger partial charge < -0.3 is 5.32 Å². The van der Waals surface area contributed by atoms with Crippen LogP contribution in [0.5, 0.6) is 0 Å². The molecule has 1 aliphatic rings. The highest BCUT2D eigenvalue weighted by atomic mass is 35.5. The van der Waals surface area contributed by atoms with Gasteiger partial charge in [0.05, 0.1) is 11.6 Å². The zero-order valence-electron chi connectivity index (χ0n) is 9.54.